The topological polar surface area (TPSA) is 70.8 Å². The number of carboxylic acid groups (broad SMARTS) is 1. The van der Waals surface area contributed by atoms with Gasteiger partial charge in [-0.05, 0) is 24.5 Å². The van der Waals surface area contributed by atoms with E-state index >= 15 is 0 Å². The van der Waals surface area contributed by atoms with E-state index < -0.39 is 12.0 Å². The Morgan fingerprint density at radius 2 is 2.29 bits per heavy atom. The molecule has 2 heterocycles. The zero-order valence-corrected chi connectivity index (χ0v) is 13.2. The molecule has 7 heteroatoms. The van der Waals surface area contributed by atoms with E-state index in [-0.39, 0.29) is 16.1 Å². The van der Waals surface area contributed by atoms with Crippen LogP contribution >= 0.6 is 24.0 Å². The molecule has 1 N–H and O–H groups in total. The minimum atomic E-state index is -1.04. The first kappa shape index (κ1) is 15.8. The summed E-state index contributed by atoms with van der Waals surface area (Å²) in [5.74, 6) is -0.746. The van der Waals surface area contributed by atoms with E-state index in [2.05, 4.69) is 0 Å². The summed E-state index contributed by atoms with van der Waals surface area (Å²) >= 11 is 6.27. The summed E-state index contributed by atoms with van der Waals surface area (Å²) in [6.07, 6.45) is 3.44. The highest BCUT2D eigenvalue weighted by atomic mass is 32.2. The van der Waals surface area contributed by atoms with Crippen LogP contribution in [0.1, 0.15) is 26.0 Å². The Hall–Kier alpha value is -1.60. The van der Waals surface area contributed by atoms with Gasteiger partial charge in [0.1, 0.15) is 16.1 Å². The van der Waals surface area contributed by atoms with Crippen LogP contribution in [0.2, 0.25) is 0 Å². The monoisotopic (exact) mass is 325 g/mol. The van der Waals surface area contributed by atoms with Crippen molar-refractivity contribution in [2.24, 2.45) is 5.92 Å². The number of aliphatic carboxylic acids is 1. The van der Waals surface area contributed by atoms with Crippen molar-refractivity contribution in [2.75, 3.05) is 0 Å². The third kappa shape index (κ3) is 3.54. The van der Waals surface area contributed by atoms with Gasteiger partial charge >= 0.3 is 5.97 Å². The van der Waals surface area contributed by atoms with Crippen LogP contribution in [0.3, 0.4) is 0 Å². The highest BCUT2D eigenvalue weighted by molar-refractivity contribution is 8.26. The predicted molar refractivity (Wildman–Crippen MR) is 84.6 cm³/mol. The third-order valence-electron chi connectivity index (χ3n) is 2.93. The Morgan fingerprint density at radius 1 is 1.57 bits per heavy atom. The first-order valence-corrected chi connectivity index (χ1v) is 7.66. The predicted octanol–water partition coefficient (Wildman–Crippen LogP) is 2.98. The van der Waals surface area contributed by atoms with E-state index in [0.717, 1.165) is 11.8 Å². The number of nitrogens with zero attached hydrogens (tertiary/aromatic N) is 1. The fourth-order valence-electron chi connectivity index (χ4n) is 2.01. The number of carbonyl (C=O) groups excluding carboxylic acids is 1. The zero-order valence-electron chi connectivity index (χ0n) is 11.6. The van der Waals surface area contributed by atoms with Crippen molar-refractivity contribution in [3.05, 3.63) is 29.1 Å². The number of hydrogen-bond acceptors (Lipinski definition) is 5. The summed E-state index contributed by atoms with van der Waals surface area (Å²) in [5, 5.41) is 9.36. The summed E-state index contributed by atoms with van der Waals surface area (Å²) in [4.78, 5) is 25.4. The van der Waals surface area contributed by atoms with Gasteiger partial charge in [-0.1, -0.05) is 37.8 Å². The average molecular weight is 325 g/mol. The quantitative estimate of drug-likeness (QED) is 0.663. The summed E-state index contributed by atoms with van der Waals surface area (Å²) in [5.41, 5.74) is 0. The summed E-state index contributed by atoms with van der Waals surface area (Å²) in [7, 11) is 0. The lowest BCUT2D eigenvalue weighted by molar-refractivity contribution is -0.145. The molecule has 0 spiro atoms. The molecule has 1 aromatic rings. The maximum atomic E-state index is 12.4. The highest BCUT2D eigenvalue weighted by Gasteiger charge is 2.40. The molecule has 1 aliphatic heterocycles. The molecule has 5 nitrogen and oxygen atoms in total. The molecular weight excluding hydrogens is 310 g/mol. The Bertz CT molecular complexity index is 592. The molecule has 1 saturated heterocycles. The number of rotatable bonds is 5. The van der Waals surface area contributed by atoms with Crippen LogP contribution in [-0.2, 0) is 9.59 Å². The van der Waals surface area contributed by atoms with Crippen molar-refractivity contribution >= 4 is 46.3 Å². The lowest BCUT2D eigenvalue weighted by Crippen LogP contribution is -2.44. The van der Waals surface area contributed by atoms with E-state index in [4.69, 9.17) is 16.6 Å². The molecule has 1 amide bonds. The Labute approximate surface area is 132 Å². The van der Waals surface area contributed by atoms with Crippen LogP contribution in [0.25, 0.3) is 6.08 Å². The van der Waals surface area contributed by atoms with Gasteiger partial charge in [0.05, 0.1) is 11.2 Å². The largest absolute Gasteiger partial charge is 0.480 e. The van der Waals surface area contributed by atoms with Crippen LogP contribution in [-0.4, -0.2) is 32.2 Å². The number of thioether (sulfide) groups is 1. The number of furan rings is 1. The van der Waals surface area contributed by atoms with Crippen molar-refractivity contribution in [1.82, 2.24) is 4.90 Å². The van der Waals surface area contributed by atoms with Crippen LogP contribution < -0.4 is 0 Å². The first-order chi connectivity index (χ1) is 9.90. The van der Waals surface area contributed by atoms with Gasteiger partial charge in [-0.2, -0.15) is 0 Å². The van der Waals surface area contributed by atoms with Crippen molar-refractivity contribution in [3.8, 4) is 0 Å². The fourth-order valence-corrected chi connectivity index (χ4v) is 3.35. The number of hydrogen-bond donors (Lipinski definition) is 1. The van der Waals surface area contributed by atoms with Crippen molar-refractivity contribution in [1.29, 1.82) is 0 Å². The lowest BCUT2D eigenvalue weighted by atomic mass is 10.0. The molecule has 1 atom stereocenters. The van der Waals surface area contributed by atoms with Crippen molar-refractivity contribution in [3.63, 3.8) is 0 Å². The molecule has 1 fully saturated rings. The summed E-state index contributed by atoms with van der Waals surface area (Å²) in [6, 6.07) is 2.50. The molecule has 21 heavy (non-hydrogen) atoms. The van der Waals surface area contributed by atoms with Crippen LogP contribution in [0.15, 0.2) is 27.7 Å². The molecule has 0 aliphatic carbocycles. The van der Waals surface area contributed by atoms with Crippen molar-refractivity contribution in [2.45, 2.75) is 26.3 Å². The molecule has 0 saturated carbocycles. The van der Waals surface area contributed by atoms with E-state index in [1.165, 1.54) is 11.2 Å². The SMILES string of the molecule is CC(C)CC(C(=O)O)N1C(=O)C(=Cc2ccco2)SC1=S. The number of carbonyl (C=O) groups is 2. The first-order valence-electron chi connectivity index (χ1n) is 6.43. The Kier molecular flexibility index (Phi) is 4.84. The fraction of sp³-hybridized carbons (Fsp3) is 0.357. The average Bonchev–Trinajstić information content (AvgIpc) is 2.97. The standard InChI is InChI=1S/C14H15NO4S2/c1-8(2)6-10(13(17)18)15-12(16)11(21-14(15)20)7-9-4-3-5-19-9/h3-5,7-8,10H,6H2,1-2H3,(H,17,18). The zero-order chi connectivity index (χ0) is 15.6. The highest BCUT2D eigenvalue weighted by Crippen LogP contribution is 2.35. The van der Waals surface area contributed by atoms with E-state index in [1.54, 1.807) is 18.2 Å². The molecule has 1 unspecified atom stereocenters. The molecule has 0 radical (unpaired) electrons. The maximum Gasteiger partial charge on any atom is 0.326 e. The number of thiocarbonyl (C=S) groups is 1. The van der Waals surface area contributed by atoms with E-state index in [9.17, 15) is 14.7 Å². The normalized spacial score (nSPS) is 18.8. The molecule has 2 rings (SSSR count). The molecule has 1 aliphatic rings. The summed E-state index contributed by atoms with van der Waals surface area (Å²) < 4.78 is 5.44. The molecular formula is C14H15NO4S2. The molecule has 0 bridgehead atoms. The van der Waals surface area contributed by atoms with Gasteiger partial charge in [-0.25, -0.2) is 4.79 Å². The molecule has 1 aromatic heterocycles. The van der Waals surface area contributed by atoms with E-state index in [0.29, 0.717) is 17.1 Å². The smallest absolute Gasteiger partial charge is 0.326 e. The minimum absolute atomic E-state index is 0.143. The second kappa shape index (κ2) is 6.44. The second-order valence-corrected chi connectivity index (χ2v) is 6.73. The van der Waals surface area contributed by atoms with Gasteiger partial charge in [0.2, 0.25) is 0 Å². The van der Waals surface area contributed by atoms with Crippen LogP contribution in [0.5, 0.6) is 0 Å². The Balaban J connectivity index is 2.27. The third-order valence-corrected chi connectivity index (χ3v) is 4.26. The van der Waals surface area contributed by atoms with Gasteiger partial charge < -0.3 is 9.52 Å². The van der Waals surface area contributed by atoms with Crippen molar-refractivity contribution < 1.29 is 19.1 Å². The number of amides is 1. The maximum absolute atomic E-state index is 12.4. The Morgan fingerprint density at radius 3 is 2.81 bits per heavy atom. The van der Waals surface area contributed by atoms with Gasteiger partial charge in [0.25, 0.3) is 5.91 Å². The minimum Gasteiger partial charge on any atom is -0.480 e. The molecule has 112 valence electrons. The lowest BCUT2D eigenvalue weighted by Gasteiger charge is -2.24. The second-order valence-electron chi connectivity index (χ2n) is 5.05. The van der Waals surface area contributed by atoms with E-state index in [1.807, 2.05) is 13.8 Å². The number of carboxylic acids is 1. The van der Waals surface area contributed by atoms with Gasteiger partial charge in [0.15, 0.2) is 0 Å². The van der Waals surface area contributed by atoms with Crippen LogP contribution in [0.4, 0.5) is 0 Å². The van der Waals surface area contributed by atoms with Gasteiger partial charge in [-0.3, -0.25) is 9.69 Å². The van der Waals surface area contributed by atoms with Gasteiger partial charge in [0, 0.05) is 6.08 Å². The molecule has 0 aromatic carbocycles. The summed E-state index contributed by atoms with van der Waals surface area (Å²) in [6.45, 7) is 3.82. The van der Waals surface area contributed by atoms with Gasteiger partial charge in [-0.15, -0.1) is 0 Å². The van der Waals surface area contributed by atoms with Crippen LogP contribution in [0, 0.1) is 5.92 Å².